The van der Waals surface area contributed by atoms with Crippen LogP contribution in [0, 0.1) is 38.4 Å². The monoisotopic (exact) mass is 892 g/mol. The van der Waals surface area contributed by atoms with Crippen molar-refractivity contribution in [3.8, 4) is 22.3 Å². The third-order valence-electron chi connectivity index (χ3n) is 8.63. The number of aryl methyl sites for hydroxylation is 3. The lowest BCUT2D eigenvalue weighted by Crippen LogP contribution is -1.98. The molecule has 0 bridgehead atoms. The van der Waals surface area contributed by atoms with Crippen molar-refractivity contribution in [1.82, 2.24) is 24.9 Å². The summed E-state index contributed by atoms with van der Waals surface area (Å²) in [6.45, 7) is 44.6. The van der Waals surface area contributed by atoms with Crippen LogP contribution in [0.1, 0.15) is 137 Å². The van der Waals surface area contributed by atoms with Gasteiger partial charge >= 0.3 is 0 Å². The smallest absolute Gasteiger partial charge is 0.149 e. The summed E-state index contributed by atoms with van der Waals surface area (Å²) < 4.78 is 14.7. The number of aromatic amines is 1. The van der Waals surface area contributed by atoms with Crippen molar-refractivity contribution in [2.24, 2.45) is 21.8 Å². The molecular weight excluding hydrogens is 814 g/mol. The van der Waals surface area contributed by atoms with Gasteiger partial charge in [0.05, 0.1) is 17.6 Å². The number of aromatic nitrogens is 5. The Labute approximate surface area is 398 Å². The molecule has 0 radical (unpaired) electrons. The lowest BCUT2D eigenvalue weighted by Gasteiger charge is -2.12. The number of hydrogen-bond acceptors (Lipinski definition) is 6. The molecule has 0 saturated heterocycles. The number of fused-ring (bicyclic) bond motifs is 1. The van der Waals surface area contributed by atoms with Crippen LogP contribution in [0.2, 0.25) is 0 Å². The van der Waals surface area contributed by atoms with Crippen molar-refractivity contribution in [3.05, 3.63) is 157 Å². The summed E-state index contributed by atoms with van der Waals surface area (Å²) in [5.74, 6) is 1.34. The van der Waals surface area contributed by atoms with Crippen molar-refractivity contribution >= 4 is 45.0 Å². The first kappa shape index (κ1) is 57.6. The summed E-state index contributed by atoms with van der Waals surface area (Å²) in [5, 5.41) is 0.943. The minimum absolute atomic E-state index is 0.322. The number of hydrogen-bond donors (Lipinski definition) is 1. The summed E-state index contributed by atoms with van der Waals surface area (Å²) >= 11 is 0. The number of benzene rings is 1. The van der Waals surface area contributed by atoms with Gasteiger partial charge in [0, 0.05) is 86.9 Å². The number of nitrogens with zero attached hydrogens (tertiary/aromatic N) is 6. The number of halogens is 1. The van der Waals surface area contributed by atoms with Crippen molar-refractivity contribution in [2.75, 3.05) is 0 Å². The highest BCUT2D eigenvalue weighted by atomic mass is 19.1. The molecule has 0 amide bonds. The SMILES string of the molecule is C=C/C=C\C(=C/C)c1cnc(C)c(C(=C)c2cc(C)c(N=C(C)C)cn2)c1.CC.CC.CC(C)=Nc1c(C)cc(-c2c[nH]c3ncc(-c4cccnc4)cc23)cc1F.CC(C)C.CC(C)C. The van der Waals surface area contributed by atoms with E-state index in [0.717, 1.165) is 107 Å². The molecule has 0 aliphatic carbocycles. The summed E-state index contributed by atoms with van der Waals surface area (Å²) in [6, 6.07) is 13.6. The maximum absolute atomic E-state index is 14.7. The van der Waals surface area contributed by atoms with Crippen LogP contribution in [0.5, 0.6) is 0 Å². The number of aliphatic imine (C=N–C) groups is 2. The highest BCUT2D eigenvalue weighted by Crippen LogP contribution is 2.35. The molecule has 66 heavy (non-hydrogen) atoms. The van der Waals surface area contributed by atoms with Gasteiger partial charge in [-0.25, -0.2) is 9.37 Å². The molecule has 6 aromatic rings. The first-order chi connectivity index (χ1) is 31.4. The molecule has 352 valence electrons. The number of rotatable bonds is 9. The predicted octanol–water partition coefficient (Wildman–Crippen LogP) is 17.6. The molecule has 0 aliphatic heterocycles. The van der Waals surface area contributed by atoms with Gasteiger partial charge in [0.1, 0.15) is 17.2 Å². The molecule has 6 rings (SSSR count). The van der Waals surface area contributed by atoms with E-state index in [-0.39, 0.29) is 5.82 Å². The van der Waals surface area contributed by atoms with Gasteiger partial charge in [-0.15, -0.1) is 0 Å². The van der Waals surface area contributed by atoms with Gasteiger partial charge in [-0.3, -0.25) is 24.9 Å². The summed E-state index contributed by atoms with van der Waals surface area (Å²) in [7, 11) is 0. The Morgan fingerprint density at radius 1 is 0.742 bits per heavy atom. The summed E-state index contributed by atoms with van der Waals surface area (Å²) in [4.78, 5) is 29.8. The van der Waals surface area contributed by atoms with E-state index in [4.69, 9.17) is 0 Å². The van der Waals surface area contributed by atoms with E-state index in [0.29, 0.717) is 5.69 Å². The van der Waals surface area contributed by atoms with Crippen LogP contribution in [0.15, 0.2) is 127 Å². The predicted molar refractivity (Wildman–Crippen MR) is 289 cm³/mol. The second kappa shape index (κ2) is 29.9. The Morgan fingerprint density at radius 3 is 1.91 bits per heavy atom. The molecule has 7 nitrogen and oxygen atoms in total. The Kier molecular flexibility index (Phi) is 26.1. The van der Waals surface area contributed by atoms with Gasteiger partial charge in [0.15, 0.2) is 0 Å². The standard InChI is InChI=1S/C24H27N3.C22H19FN4.2C4H10.2C2H6/c1-8-10-11-20(9-2)21-13-22(19(7)25-14-21)18(6)23-12-17(5)24(15-26-23)27-16(3)4;1-13(2)27-21-14(3)7-16(9-20(21)23)19-12-26-22-18(19)8-17(11-25-22)15-5-4-6-24-10-15;2*1-4(2)3;2*1-2/h8-15H,1,6H2,2-5,7H3;4-12H,1-3H3,(H,25,26);2*4H,1-3H3;2*1-2H3/b11-10-,20-9+;;;;;. The molecule has 0 saturated carbocycles. The zero-order valence-electron chi connectivity index (χ0n) is 43.4. The summed E-state index contributed by atoms with van der Waals surface area (Å²) in [6.07, 6.45) is 18.7. The van der Waals surface area contributed by atoms with Gasteiger partial charge in [-0.05, 0) is 126 Å². The maximum atomic E-state index is 14.7. The van der Waals surface area contributed by atoms with E-state index in [1.807, 2.05) is 138 Å². The van der Waals surface area contributed by atoms with Crippen LogP contribution in [0.4, 0.5) is 15.8 Å². The van der Waals surface area contributed by atoms with Crippen LogP contribution in [-0.2, 0) is 0 Å². The van der Waals surface area contributed by atoms with Gasteiger partial charge < -0.3 is 4.98 Å². The van der Waals surface area contributed by atoms with E-state index >= 15 is 0 Å². The van der Waals surface area contributed by atoms with E-state index in [1.165, 1.54) is 6.07 Å². The van der Waals surface area contributed by atoms with E-state index < -0.39 is 0 Å². The largest absolute Gasteiger partial charge is 0.346 e. The van der Waals surface area contributed by atoms with Gasteiger partial charge in [-0.2, -0.15) is 0 Å². The molecule has 1 N–H and O–H groups in total. The van der Waals surface area contributed by atoms with Crippen molar-refractivity contribution < 1.29 is 4.39 Å². The van der Waals surface area contributed by atoms with Crippen molar-refractivity contribution in [2.45, 2.75) is 125 Å². The highest BCUT2D eigenvalue weighted by molar-refractivity contribution is 5.96. The Hall–Kier alpha value is -6.41. The first-order valence-corrected chi connectivity index (χ1v) is 23.2. The van der Waals surface area contributed by atoms with Crippen LogP contribution in [-0.4, -0.2) is 36.3 Å². The zero-order chi connectivity index (χ0) is 50.1. The highest BCUT2D eigenvalue weighted by Gasteiger charge is 2.15. The molecule has 5 aromatic heterocycles. The zero-order valence-corrected chi connectivity index (χ0v) is 43.4. The van der Waals surface area contributed by atoms with E-state index in [9.17, 15) is 4.39 Å². The third kappa shape index (κ3) is 18.6. The summed E-state index contributed by atoms with van der Waals surface area (Å²) in [5.41, 5.74) is 15.2. The molecular formula is C58H78FN7. The lowest BCUT2D eigenvalue weighted by atomic mass is 9.97. The topological polar surface area (TPSA) is 92.1 Å². The number of allylic oxidation sites excluding steroid dienone is 5. The lowest BCUT2D eigenvalue weighted by molar-refractivity contribution is 0.629. The van der Waals surface area contributed by atoms with Crippen LogP contribution < -0.4 is 0 Å². The molecule has 0 fully saturated rings. The molecule has 0 atom stereocenters. The second-order valence-electron chi connectivity index (χ2n) is 16.8. The Bertz CT molecular complexity index is 2530. The minimum Gasteiger partial charge on any atom is -0.346 e. The fraction of sp³-hybridized carbons (Fsp3) is 0.345. The maximum Gasteiger partial charge on any atom is 0.149 e. The average molecular weight is 892 g/mol. The van der Waals surface area contributed by atoms with E-state index in [1.54, 1.807) is 24.7 Å². The average Bonchev–Trinajstić information content (AvgIpc) is 3.71. The van der Waals surface area contributed by atoms with Crippen LogP contribution >= 0.6 is 0 Å². The van der Waals surface area contributed by atoms with Crippen LogP contribution in [0.25, 0.3) is 44.4 Å². The first-order valence-electron chi connectivity index (χ1n) is 23.2. The molecule has 1 aromatic carbocycles. The van der Waals surface area contributed by atoms with E-state index in [2.05, 4.69) is 108 Å². The van der Waals surface area contributed by atoms with Crippen molar-refractivity contribution in [1.29, 1.82) is 0 Å². The normalized spacial score (nSPS) is 10.5. The van der Waals surface area contributed by atoms with Gasteiger partial charge in [-0.1, -0.05) is 113 Å². The van der Waals surface area contributed by atoms with Crippen LogP contribution in [0.3, 0.4) is 0 Å². The molecule has 0 aliphatic rings. The molecule has 0 unspecified atom stereocenters. The van der Waals surface area contributed by atoms with Crippen molar-refractivity contribution in [3.63, 3.8) is 0 Å². The minimum atomic E-state index is -0.322. The van der Waals surface area contributed by atoms with Gasteiger partial charge in [0.2, 0.25) is 0 Å². The molecule has 8 heteroatoms. The van der Waals surface area contributed by atoms with Gasteiger partial charge in [0.25, 0.3) is 0 Å². The molecule has 5 heterocycles. The quantitative estimate of drug-likeness (QED) is 0.116. The number of nitrogens with one attached hydrogen (secondary N) is 1. The Balaban J connectivity index is 0.000000533. The number of pyridine rings is 4. The Morgan fingerprint density at radius 2 is 1.38 bits per heavy atom. The molecule has 0 spiro atoms. The fourth-order valence-electron chi connectivity index (χ4n) is 5.93. The third-order valence-corrected chi connectivity index (χ3v) is 8.63. The second-order valence-corrected chi connectivity index (χ2v) is 16.8. The fourth-order valence-corrected chi connectivity index (χ4v) is 5.93. The number of H-pyrrole nitrogens is 1.